The molecule has 1 aromatic heterocycles. The summed E-state index contributed by atoms with van der Waals surface area (Å²) in [6.45, 7) is 1.99. The Hall–Kier alpha value is -2.17. The van der Waals surface area contributed by atoms with E-state index in [1.807, 2.05) is 0 Å². The van der Waals surface area contributed by atoms with Gasteiger partial charge in [0, 0.05) is 12.2 Å². The Labute approximate surface area is 138 Å². The van der Waals surface area contributed by atoms with Crippen LogP contribution in [0.2, 0.25) is 0 Å². The number of hydrogen-bond donors (Lipinski definition) is 3. The van der Waals surface area contributed by atoms with Crippen molar-refractivity contribution in [1.82, 2.24) is 9.36 Å². The van der Waals surface area contributed by atoms with Crippen LogP contribution in [-0.4, -0.2) is 24.3 Å². The number of sulfonamides is 1. The van der Waals surface area contributed by atoms with E-state index in [0.717, 1.165) is 9.36 Å². The maximum absolute atomic E-state index is 12.9. The second-order valence-electron chi connectivity index (χ2n) is 5.45. The summed E-state index contributed by atoms with van der Waals surface area (Å²) in [4.78, 5) is 25.5. The molecule has 1 unspecified atom stereocenters. The van der Waals surface area contributed by atoms with Gasteiger partial charge in [-0.3, -0.25) is 9.59 Å². The molecule has 0 spiro atoms. The van der Waals surface area contributed by atoms with Crippen molar-refractivity contribution in [3.63, 3.8) is 0 Å². The predicted molar refractivity (Wildman–Crippen MR) is 93.0 cm³/mol. The van der Waals surface area contributed by atoms with Gasteiger partial charge in [-0.25, -0.2) is 22.9 Å². The summed E-state index contributed by atoms with van der Waals surface area (Å²) in [5, 5.41) is 4.17. The lowest BCUT2D eigenvalue weighted by molar-refractivity contribution is 0.391. The van der Waals surface area contributed by atoms with Gasteiger partial charge in [-0.05, 0) is 44.5 Å². The molecule has 132 valence electrons. The third kappa shape index (κ3) is 3.21. The third-order valence-corrected chi connectivity index (χ3v) is 5.01. The first-order valence-electron chi connectivity index (χ1n) is 7.48. The first kappa shape index (κ1) is 18.2. The van der Waals surface area contributed by atoms with Gasteiger partial charge in [-0.2, -0.15) is 0 Å². The molecule has 0 aliphatic carbocycles. The molecule has 24 heavy (non-hydrogen) atoms. The van der Waals surface area contributed by atoms with Crippen LogP contribution in [-0.2, 0) is 16.6 Å². The van der Waals surface area contributed by atoms with Gasteiger partial charge >= 0.3 is 0 Å². The minimum Gasteiger partial charge on any atom is -0.399 e. The largest absolute Gasteiger partial charge is 0.399 e. The molecule has 1 atom stereocenters. The molecule has 0 saturated heterocycles. The van der Waals surface area contributed by atoms with E-state index >= 15 is 0 Å². The quantitative estimate of drug-likeness (QED) is 0.581. The highest BCUT2D eigenvalue weighted by atomic mass is 32.2. The van der Waals surface area contributed by atoms with Crippen molar-refractivity contribution in [2.75, 3.05) is 12.3 Å². The van der Waals surface area contributed by atoms with E-state index in [1.165, 1.54) is 18.2 Å². The third-order valence-electron chi connectivity index (χ3n) is 3.81. The summed E-state index contributed by atoms with van der Waals surface area (Å²) in [6.07, 6.45) is 0.364. The van der Waals surface area contributed by atoms with Crippen molar-refractivity contribution in [3.8, 4) is 0 Å². The van der Waals surface area contributed by atoms with E-state index in [9.17, 15) is 18.0 Å². The van der Waals surface area contributed by atoms with Crippen molar-refractivity contribution in [2.24, 2.45) is 10.9 Å². The van der Waals surface area contributed by atoms with Gasteiger partial charge < -0.3 is 11.5 Å². The number of nitrogens with zero attached hydrogens (tertiary/aromatic N) is 2. The molecule has 0 amide bonds. The molecular formula is C14H21N5O4S. The summed E-state index contributed by atoms with van der Waals surface area (Å²) in [7, 11) is -4.12. The molecule has 0 aliphatic rings. The molecule has 1 heterocycles. The van der Waals surface area contributed by atoms with E-state index in [0.29, 0.717) is 12.1 Å². The van der Waals surface area contributed by atoms with Crippen molar-refractivity contribution in [1.29, 1.82) is 0 Å². The monoisotopic (exact) mass is 355 g/mol. The topological polar surface area (TPSA) is 156 Å². The maximum atomic E-state index is 12.9. The van der Waals surface area contributed by atoms with E-state index in [1.54, 1.807) is 6.92 Å². The summed E-state index contributed by atoms with van der Waals surface area (Å²) in [6, 6.07) is 4.33. The standard InChI is InChI=1S/C14H21N5O4S/c1-2-18-13(20)10-6-5-9(16)8-11(10)14(21)19(18)12(4-3-7-15)24(17,22)23/h5-6,8,12H,2-4,7,15-16H2,1H3,(H2,17,22,23). The number of hydrogen-bond acceptors (Lipinski definition) is 6. The molecule has 0 bridgehead atoms. The highest BCUT2D eigenvalue weighted by Crippen LogP contribution is 2.18. The molecule has 0 radical (unpaired) electrons. The Morgan fingerprint density at radius 1 is 1.17 bits per heavy atom. The summed E-state index contributed by atoms with van der Waals surface area (Å²) < 4.78 is 26.0. The molecule has 2 rings (SSSR count). The maximum Gasteiger partial charge on any atom is 0.274 e. The summed E-state index contributed by atoms with van der Waals surface area (Å²) in [5.74, 6) is 0. The molecule has 2 aromatic rings. The molecular weight excluding hydrogens is 334 g/mol. The van der Waals surface area contributed by atoms with Crippen molar-refractivity contribution in [3.05, 3.63) is 38.9 Å². The van der Waals surface area contributed by atoms with Crippen LogP contribution in [0.15, 0.2) is 27.8 Å². The number of benzene rings is 1. The van der Waals surface area contributed by atoms with E-state index < -0.39 is 26.5 Å². The van der Waals surface area contributed by atoms with Crippen LogP contribution in [0.1, 0.15) is 25.1 Å². The van der Waals surface area contributed by atoms with Crippen molar-refractivity contribution < 1.29 is 8.42 Å². The normalized spacial score (nSPS) is 13.3. The second-order valence-corrected chi connectivity index (χ2v) is 7.17. The Morgan fingerprint density at radius 2 is 1.83 bits per heavy atom. The minimum atomic E-state index is -4.12. The number of fused-ring (bicyclic) bond motifs is 1. The number of nitrogen functional groups attached to an aromatic ring is 1. The van der Waals surface area contributed by atoms with Crippen LogP contribution in [0.4, 0.5) is 5.69 Å². The predicted octanol–water partition coefficient (Wildman–Crippen LogP) is -0.709. The highest BCUT2D eigenvalue weighted by molar-refractivity contribution is 7.89. The van der Waals surface area contributed by atoms with Gasteiger partial charge in [0.1, 0.15) is 0 Å². The van der Waals surface area contributed by atoms with Gasteiger partial charge in [0.05, 0.1) is 10.8 Å². The molecule has 1 aromatic carbocycles. The first-order valence-corrected chi connectivity index (χ1v) is 9.09. The molecule has 0 fully saturated rings. The van der Waals surface area contributed by atoms with Crippen LogP contribution in [0.5, 0.6) is 0 Å². The van der Waals surface area contributed by atoms with Crippen molar-refractivity contribution in [2.45, 2.75) is 31.7 Å². The Balaban J connectivity index is 2.92. The smallest absolute Gasteiger partial charge is 0.274 e. The second kappa shape index (κ2) is 6.75. The fourth-order valence-corrected chi connectivity index (χ4v) is 3.68. The van der Waals surface area contributed by atoms with E-state index in [4.69, 9.17) is 16.6 Å². The van der Waals surface area contributed by atoms with E-state index in [-0.39, 0.29) is 30.3 Å². The first-order chi connectivity index (χ1) is 11.2. The molecule has 6 N–H and O–H groups in total. The number of rotatable bonds is 6. The zero-order valence-electron chi connectivity index (χ0n) is 13.3. The fourth-order valence-electron chi connectivity index (χ4n) is 2.70. The number of primary sulfonamides is 1. The average Bonchev–Trinajstić information content (AvgIpc) is 2.51. The lowest BCUT2D eigenvalue weighted by Gasteiger charge is -2.22. The molecule has 0 saturated carbocycles. The Bertz CT molecular complexity index is 977. The van der Waals surface area contributed by atoms with Gasteiger partial charge in [0.2, 0.25) is 10.0 Å². The SMILES string of the molecule is CCn1c(=O)c2ccc(N)cc2c(=O)n1C(CCCN)S(N)(=O)=O. The Morgan fingerprint density at radius 3 is 2.38 bits per heavy atom. The van der Waals surface area contributed by atoms with Gasteiger partial charge in [0.25, 0.3) is 11.1 Å². The summed E-state index contributed by atoms with van der Waals surface area (Å²) in [5.41, 5.74) is 10.3. The minimum absolute atomic E-state index is 0.0303. The lowest BCUT2D eigenvalue weighted by Crippen LogP contribution is -2.44. The zero-order valence-corrected chi connectivity index (χ0v) is 14.1. The van der Waals surface area contributed by atoms with Crippen molar-refractivity contribution >= 4 is 26.5 Å². The Kier molecular flexibility index (Phi) is 5.11. The number of anilines is 1. The highest BCUT2D eigenvalue weighted by Gasteiger charge is 2.28. The number of nitrogens with two attached hydrogens (primary N) is 3. The molecule has 0 aliphatic heterocycles. The van der Waals surface area contributed by atoms with Crippen LogP contribution in [0.3, 0.4) is 0 Å². The van der Waals surface area contributed by atoms with Gasteiger partial charge in [-0.15, -0.1) is 0 Å². The molecule has 10 heteroatoms. The lowest BCUT2D eigenvalue weighted by atomic mass is 10.1. The van der Waals surface area contributed by atoms with Crippen LogP contribution in [0, 0.1) is 0 Å². The molecule has 9 nitrogen and oxygen atoms in total. The average molecular weight is 355 g/mol. The number of aromatic nitrogens is 2. The van der Waals surface area contributed by atoms with Gasteiger partial charge in [0.15, 0.2) is 5.37 Å². The van der Waals surface area contributed by atoms with Crippen LogP contribution in [0.25, 0.3) is 10.8 Å². The fraction of sp³-hybridized carbons (Fsp3) is 0.429. The van der Waals surface area contributed by atoms with Crippen LogP contribution >= 0.6 is 0 Å². The van der Waals surface area contributed by atoms with Gasteiger partial charge in [-0.1, -0.05) is 0 Å². The summed E-state index contributed by atoms with van der Waals surface area (Å²) >= 11 is 0. The zero-order chi connectivity index (χ0) is 18.1. The van der Waals surface area contributed by atoms with E-state index in [2.05, 4.69) is 0 Å². The van der Waals surface area contributed by atoms with Crippen LogP contribution < -0.4 is 27.7 Å².